The zero-order valence-corrected chi connectivity index (χ0v) is 15.1. The molecule has 0 fully saturated rings. The molecule has 1 aromatic carbocycles. The van der Waals surface area contributed by atoms with Gasteiger partial charge in [0.05, 0.1) is 5.39 Å². The average Bonchev–Trinajstić information content (AvgIpc) is 3.12. The van der Waals surface area contributed by atoms with E-state index in [1.54, 1.807) is 29.8 Å². The van der Waals surface area contributed by atoms with Crippen LogP contribution >= 0.6 is 11.3 Å². The van der Waals surface area contributed by atoms with Gasteiger partial charge in [-0.25, -0.2) is 14.4 Å². The summed E-state index contributed by atoms with van der Waals surface area (Å²) in [6.07, 6.45) is 4.24. The smallest absolute Gasteiger partial charge is 0.141 e. The summed E-state index contributed by atoms with van der Waals surface area (Å²) in [5.74, 6) is 0.642. The van der Waals surface area contributed by atoms with E-state index in [0.717, 1.165) is 45.8 Å². The van der Waals surface area contributed by atoms with Crippen molar-refractivity contribution in [1.82, 2.24) is 15.0 Å². The van der Waals surface area contributed by atoms with Crippen molar-refractivity contribution in [3.8, 4) is 11.1 Å². The monoisotopic (exact) mass is 364 g/mol. The van der Waals surface area contributed by atoms with Gasteiger partial charge in [0, 0.05) is 42.8 Å². The molecule has 0 unspecified atom stereocenters. The van der Waals surface area contributed by atoms with E-state index >= 15 is 0 Å². The Morgan fingerprint density at radius 2 is 1.88 bits per heavy atom. The van der Waals surface area contributed by atoms with Gasteiger partial charge in [-0.15, -0.1) is 11.3 Å². The van der Waals surface area contributed by atoms with E-state index in [1.807, 2.05) is 31.4 Å². The van der Waals surface area contributed by atoms with Crippen LogP contribution < -0.4 is 4.90 Å². The standard InChI is InChI=1S/C20H17FN4S/c1-25(11-9-16-4-2-3-10-22-16)19-18-17(12-26-20(18)24-13-23-19)14-5-7-15(21)8-6-14/h2-8,10,12-13H,9,11H2,1H3. The van der Waals surface area contributed by atoms with E-state index in [-0.39, 0.29) is 5.82 Å². The SMILES string of the molecule is CN(CCc1ccccn1)c1ncnc2scc(-c3ccc(F)cc3)c12. The number of halogens is 1. The maximum atomic E-state index is 13.3. The number of rotatable bonds is 5. The number of fused-ring (bicyclic) bond motifs is 1. The lowest BCUT2D eigenvalue weighted by atomic mass is 10.1. The van der Waals surface area contributed by atoms with Gasteiger partial charge in [-0.3, -0.25) is 4.98 Å². The van der Waals surface area contributed by atoms with Crippen LogP contribution in [0.2, 0.25) is 0 Å². The van der Waals surface area contributed by atoms with Gasteiger partial charge >= 0.3 is 0 Å². The first-order chi connectivity index (χ1) is 12.7. The first-order valence-electron chi connectivity index (χ1n) is 8.31. The Morgan fingerprint density at radius 3 is 2.65 bits per heavy atom. The molecule has 0 aliphatic rings. The number of benzene rings is 1. The molecule has 0 saturated heterocycles. The number of hydrogen-bond acceptors (Lipinski definition) is 5. The van der Waals surface area contributed by atoms with E-state index < -0.39 is 0 Å². The fourth-order valence-electron chi connectivity index (χ4n) is 2.92. The van der Waals surface area contributed by atoms with Crippen molar-refractivity contribution in [1.29, 1.82) is 0 Å². The molecule has 0 aliphatic carbocycles. The highest BCUT2D eigenvalue weighted by Gasteiger charge is 2.16. The van der Waals surface area contributed by atoms with Gasteiger partial charge in [-0.1, -0.05) is 18.2 Å². The van der Waals surface area contributed by atoms with Crippen LogP contribution in [-0.2, 0) is 6.42 Å². The fraction of sp³-hybridized carbons (Fsp3) is 0.150. The van der Waals surface area contributed by atoms with Crippen molar-refractivity contribution >= 4 is 27.4 Å². The van der Waals surface area contributed by atoms with Crippen molar-refractivity contribution in [3.63, 3.8) is 0 Å². The van der Waals surface area contributed by atoms with Crippen LogP contribution in [0.1, 0.15) is 5.69 Å². The Bertz CT molecular complexity index is 1020. The molecule has 0 saturated carbocycles. The second-order valence-corrected chi connectivity index (χ2v) is 6.88. The van der Waals surface area contributed by atoms with E-state index in [2.05, 4.69) is 25.2 Å². The number of thiophene rings is 1. The summed E-state index contributed by atoms with van der Waals surface area (Å²) < 4.78 is 13.3. The van der Waals surface area contributed by atoms with E-state index in [4.69, 9.17) is 0 Å². The highest BCUT2D eigenvalue weighted by molar-refractivity contribution is 7.17. The zero-order valence-electron chi connectivity index (χ0n) is 14.3. The van der Waals surface area contributed by atoms with E-state index in [0.29, 0.717) is 0 Å². The van der Waals surface area contributed by atoms with Crippen LogP contribution in [0.4, 0.5) is 10.2 Å². The molecule has 0 spiro atoms. The minimum Gasteiger partial charge on any atom is -0.359 e. The molecule has 26 heavy (non-hydrogen) atoms. The average molecular weight is 364 g/mol. The second-order valence-electron chi connectivity index (χ2n) is 6.03. The normalized spacial score (nSPS) is 11.0. The third kappa shape index (κ3) is 3.28. The summed E-state index contributed by atoms with van der Waals surface area (Å²) >= 11 is 1.58. The fourth-order valence-corrected chi connectivity index (χ4v) is 3.84. The number of hydrogen-bond donors (Lipinski definition) is 0. The second kappa shape index (κ2) is 7.17. The van der Waals surface area contributed by atoms with Crippen molar-refractivity contribution in [3.05, 3.63) is 71.9 Å². The van der Waals surface area contributed by atoms with Gasteiger partial charge in [-0.2, -0.15) is 0 Å². The molecule has 0 amide bonds. The molecule has 3 heterocycles. The van der Waals surface area contributed by atoms with Crippen LogP contribution in [0.5, 0.6) is 0 Å². The Morgan fingerprint density at radius 1 is 1.04 bits per heavy atom. The molecule has 0 bridgehead atoms. The number of pyridine rings is 1. The van der Waals surface area contributed by atoms with Gasteiger partial charge < -0.3 is 4.90 Å². The molecule has 4 nitrogen and oxygen atoms in total. The minimum atomic E-state index is -0.239. The lowest BCUT2D eigenvalue weighted by molar-refractivity contribution is 0.628. The quantitative estimate of drug-likeness (QED) is 0.520. The third-order valence-electron chi connectivity index (χ3n) is 4.30. The third-order valence-corrected chi connectivity index (χ3v) is 5.18. The first kappa shape index (κ1) is 16.6. The summed E-state index contributed by atoms with van der Waals surface area (Å²) in [7, 11) is 2.02. The maximum absolute atomic E-state index is 13.3. The minimum absolute atomic E-state index is 0.239. The summed E-state index contributed by atoms with van der Waals surface area (Å²) in [5, 5.41) is 3.07. The predicted octanol–water partition coefficient (Wildman–Crippen LogP) is 4.57. The van der Waals surface area contributed by atoms with Crippen molar-refractivity contribution < 1.29 is 4.39 Å². The largest absolute Gasteiger partial charge is 0.359 e. The van der Waals surface area contributed by atoms with Crippen LogP contribution in [0.15, 0.2) is 60.4 Å². The molecular weight excluding hydrogens is 347 g/mol. The van der Waals surface area contributed by atoms with Gasteiger partial charge in [0.15, 0.2) is 0 Å². The van der Waals surface area contributed by atoms with E-state index in [1.165, 1.54) is 12.1 Å². The van der Waals surface area contributed by atoms with E-state index in [9.17, 15) is 4.39 Å². The van der Waals surface area contributed by atoms with Crippen molar-refractivity contribution in [2.75, 3.05) is 18.5 Å². The van der Waals surface area contributed by atoms with Gasteiger partial charge in [0.25, 0.3) is 0 Å². The summed E-state index contributed by atoms with van der Waals surface area (Å²) in [5.41, 5.74) is 3.05. The molecule has 6 heteroatoms. The topological polar surface area (TPSA) is 41.9 Å². The number of likely N-dealkylation sites (N-methyl/N-ethyl adjacent to an activating group) is 1. The zero-order chi connectivity index (χ0) is 17.9. The number of nitrogens with zero attached hydrogens (tertiary/aromatic N) is 4. The molecule has 0 atom stereocenters. The molecule has 0 aliphatic heterocycles. The van der Waals surface area contributed by atoms with Crippen LogP contribution in [-0.4, -0.2) is 28.5 Å². The van der Waals surface area contributed by atoms with Crippen molar-refractivity contribution in [2.24, 2.45) is 0 Å². The summed E-state index contributed by atoms with van der Waals surface area (Å²) in [6.45, 7) is 0.793. The Kier molecular flexibility index (Phi) is 4.58. The lowest BCUT2D eigenvalue weighted by Gasteiger charge is -2.19. The molecule has 4 rings (SSSR count). The molecular formula is C20H17FN4S. The van der Waals surface area contributed by atoms with Gasteiger partial charge in [0.1, 0.15) is 22.8 Å². The maximum Gasteiger partial charge on any atom is 0.141 e. The summed E-state index contributed by atoms with van der Waals surface area (Å²) in [6, 6.07) is 12.5. The summed E-state index contributed by atoms with van der Waals surface area (Å²) in [4.78, 5) is 16.4. The molecule has 130 valence electrons. The Balaban J connectivity index is 1.68. The van der Waals surface area contributed by atoms with Crippen molar-refractivity contribution in [2.45, 2.75) is 6.42 Å². The van der Waals surface area contributed by atoms with Crippen LogP contribution in [0.25, 0.3) is 21.3 Å². The highest BCUT2D eigenvalue weighted by Crippen LogP contribution is 2.37. The molecule has 0 N–H and O–H groups in total. The number of anilines is 1. The van der Waals surface area contributed by atoms with Crippen LogP contribution in [0, 0.1) is 5.82 Å². The molecule has 3 aromatic heterocycles. The lowest BCUT2D eigenvalue weighted by Crippen LogP contribution is -2.22. The first-order valence-corrected chi connectivity index (χ1v) is 9.19. The van der Waals surface area contributed by atoms with Crippen LogP contribution in [0.3, 0.4) is 0 Å². The molecule has 4 aromatic rings. The molecule has 0 radical (unpaired) electrons. The predicted molar refractivity (Wildman–Crippen MR) is 104 cm³/mol. The Hall–Kier alpha value is -2.86. The number of aromatic nitrogens is 3. The Labute approximate surface area is 155 Å². The van der Waals surface area contributed by atoms with Gasteiger partial charge in [0.2, 0.25) is 0 Å². The van der Waals surface area contributed by atoms with Gasteiger partial charge in [-0.05, 0) is 29.8 Å². The highest BCUT2D eigenvalue weighted by atomic mass is 32.1.